The molecule has 0 radical (unpaired) electrons. The minimum atomic E-state index is -0.402. The van der Waals surface area contributed by atoms with Crippen LogP contribution in [0.5, 0.6) is 0 Å². The van der Waals surface area contributed by atoms with Gasteiger partial charge in [-0.2, -0.15) is 0 Å². The second kappa shape index (κ2) is 5.41. The van der Waals surface area contributed by atoms with Crippen LogP contribution in [0.15, 0.2) is 42.5 Å². The van der Waals surface area contributed by atoms with Crippen LogP contribution in [-0.2, 0) is 4.79 Å². The van der Waals surface area contributed by atoms with E-state index in [0.717, 1.165) is 16.9 Å². The molecule has 21 heavy (non-hydrogen) atoms. The van der Waals surface area contributed by atoms with Crippen LogP contribution < -0.4 is 10.6 Å². The van der Waals surface area contributed by atoms with Gasteiger partial charge in [0.2, 0.25) is 0 Å². The van der Waals surface area contributed by atoms with Gasteiger partial charge in [0.1, 0.15) is 6.04 Å². The molecule has 3 rings (SSSR count). The lowest BCUT2D eigenvalue weighted by Gasteiger charge is -2.15. The minimum Gasteiger partial charge on any atom is -0.370 e. The lowest BCUT2D eigenvalue weighted by molar-refractivity contribution is -0.116. The summed E-state index contributed by atoms with van der Waals surface area (Å²) < 4.78 is 0. The summed E-state index contributed by atoms with van der Waals surface area (Å²) in [6.07, 6.45) is 0. The van der Waals surface area contributed by atoms with E-state index in [9.17, 15) is 4.79 Å². The SMILES string of the molecule is CC(C)c1cccc(NC2C(=O)Nc3ccc(Cl)cc32)c1. The summed E-state index contributed by atoms with van der Waals surface area (Å²) >= 11 is 6.04. The number of amides is 1. The largest absolute Gasteiger partial charge is 0.370 e. The Hall–Kier alpha value is -2.00. The maximum Gasteiger partial charge on any atom is 0.251 e. The average molecular weight is 301 g/mol. The molecule has 2 N–H and O–H groups in total. The van der Waals surface area contributed by atoms with Gasteiger partial charge in [-0.15, -0.1) is 0 Å². The Kier molecular flexibility index (Phi) is 3.60. The van der Waals surface area contributed by atoms with Gasteiger partial charge in [-0.25, -0.2) is 0 Å². The van der Waals surface area contributed by atoms with Crippen molar-refractivity contribution in [3.8, 4) is 0 Å². The summed E-state index contributed by atoms with van der Waals surface area (Å²) in [7, 11) is 0. The number of anilines is 2. The molecule has 0 saturated carbocycles. The normalized spacial score (nSPS) is 16.8. The van der Waals surface area contributed by atoms with Crippen molar-refractivity contribution >= 4 is 28.9 Å². The average Bonchev–Trinajstić information content (AvgIpc) is 2.75. The highest BCUT2D eigenvalue weighted by Crippen LogP contribution is 2.35. The van der Waals surface area contributed by atoms with Gasteiger partial charge >= 0.3 is 0 Å². The molecule has 1 aliphatic rings. The first-order chi connectivity index (χ1) is 10.0. The van der Waals surface area contributed by atoms with Crippen LogP contribution in [0.1, 0.15) is 36.9 Å². The number of fused-ring (bicyclic) bond motifs is 1. The summed E-state index contributed by atoms with van der Waals surface area (Å²) in [6.45, 7) is 4.30. The molecule has 1 heterocycles. The molecule has 2 aromatic rings. The van der Waals surface area contributed by atoms with E-state index in [1.807, 2.05) is 24.3 Å². The van der Waals surface area contributed by atoms with Crippen LogP contribution >= 0.6 is 11.6 Å². The van der Waals surface area contributed by atoms with Crippen molar-refractivity contribution in [1.29, 1.82) is 0 Å². The third-order valence-electron chi connectivity index (χ3n) is 3.71. The number of hydrogen-bond acceptors (Lipinski definition) is 2. The third kappa shape index (κ3) is 2.74. The molecule has 0 fully saturated rings. The Bertz CT molecular complexity index is 697. The summed E-state index contributed by atoms with van der Waals surface area (Å²) in [5.41, 5.74) is 3.89. The van der Waals surface area contributed by atoms with Crippen molar-refractivity contribution in [2.24, 2.45) is 0 Å². The fourth-order valence-electron chi connectivity index (χ4n) is 2.53. The molecule has 1 amide bonds. The highest BCUT2D eigenvalue weighted by atomic mass is 35.5. The smallest absolute Gasteiger partial charge is 0.251 e. The summed E-state index contributed by atoms with van der Waals surface area (Å²) in [4.78, 5) is 12.1. The molecule has 3 nitrogen and oxygen atoms in total. The fraction of sp³-hybridized carbons (Fsp3) is 0.235. The van der Waals surface area contributed by atoms with Crippen molar-refractivity contribution in [2.75, 3.05) is 10.6 Å². The number of rotatable bonds is 3. The number of hydrogen-bond donors (Lipinski definition) is 2. The second-order valence-corrected chi connectivity index (χ2v) is 6.01. The van der Waals surface area contributed by atoms with Gasteiger partial charge < -0.3 is 10.6 Å². The van der Waals surface area contributed by atoms with Gasteiger partial charge in [-0.05, 0) is 41.8 Å². The lowest BCUT2D eigenvalue weighted by atomic mass is 10.0. The van der Waals surface area contributed by atoms with Crippen LogP contribution in [0.2, 0.25) is 5.02 Å². The molecular weight excluding hydrogens is 284 g/mol. The Morgan fingerprint density at radius 2 is 2.00 bits per heavy atom. The van der Waals surface area contributed by atoms with Crippen molar-refractivity contribution < 1.29 is 4.79 Å². The van der Waals surface area contributed by atoms with Crippen LogP contribution in [0.3, 0.4) is 0 Å². The summed E-state index contributed by atoms with van der Waals surface area (Å²) in [5.74, 6) is 0.396. The van der Waals surface area contributed by atoms with Crippen LogP contribution in [-0.4, -0.2) is 5.91 Å². The minimum absolute atomic E-state index is 0.0535. The zero-order valence-electron chi connectivity index (χ0n) is 12.0. The Morgan fingerprint density at radius 3 is 2.76 bits per heavy atom. The molecule has 0 saturated heterocycles. The third-order valence-corrected chi connectivity index (χ3v) is 3.94. The van der Waals surface area contributed by atoms with E-state index < -0.39 is 6.04 Å². The van der Waals surface area contributed by atoms with Gasteiger partial charge in [-0.3, -0.25) is 4.79 Å². The molecule has 1 atom stereocenters. The van der Waals surface area contributed by atoms with Gasteiger partial charge in [0.15, 0.2) is 0 Å². The maximum absolute atomic E-state index is 12.1. The van der Waals surface area contributed by atoms with Gasteiger partial charge in [0, 0.05) is 22.0 Å². The predicted octanol–water partition coefficient (Wildman–Crippen LogP) is 4.57. The molecule has 0 spiro atoms. The predicted molar refractivity (Wildman–Crippen MR) is 87.0 cm³/mol. The van der Waals surface area contributed by atoms with E-state index in [-0.39, 0.29) is 5.91 Å². The van der Waals surface area contributed by atoms with Crippen molar-refractivity contribution in [1.82, 2.24) is 0 Å². The van der Waals surface area contributed by atoms with Gasteiger partial charge in [-0.1, -0.05) is 37.6 Å². The van der Waals surface area contributed by atoms with E-state index in [0.29, 0.717) is 10.9 Å². The van der Waals surface area contributed by atoms with Crippen molar-refractivity contribution in [3.05, 3.63) is 58.6 Å². The number of halogens is 1. The maximum atomic E-state index is 12.1. The molecule has 1 unspecified atom stereocenters. The molecule has 0 aliphatic carbocycles. The standard InChI is InChI=1S/C17H17ClN2O/c1-10(2)11-4-3-5-13(8-11)19-16-14-9-12(18)6-7-15(14)20-17(16)21/h3-10,16,19H,1-2H3,(H,20,21). The number of carbonyl (C=O) groups excluding carboxylic acids is 1. The van der Waals surface area contributed by atoms with E-state index in [4.69, 9.17) is 11.6 Å². The quantitative estimate of drug-likeness (QED) is 0.872. The molecule has 108 valence electrons. The van der Waals surface area contributed by atoms with Crippen molar-refractivity contribution in [2.45, 2.75) is 25.8 Å². The summed E-state index contributed by atoms with van der Waals surface area (Å²) in [5, 5.41) is 6.80. The molecule has 4 heteroatoms. The van der Waals surface area contributed by atoms with E-state index in [1.165, 1.54) is 5.56 Å². The van der Waals surface area contributed by atoms with Gasteiger partial charge in [0.05, 0.1) is 0 Å². The first kappa shape index (κ1) is 14.0. The Balaban J connectivity index is 1.90. The fourth-order valence-corrected chi connectivity index (χ4v) is 2.71. The van der Waals surface area contributed by atoms with Crippen molar-refractivity contribution in [3.63, 3.8) is 0 Å². The van der Waals surface area contributed by atoms with Crippen LogP contribution in [0.25, 0.3) is 0 Å². The van der Waals surface area contributed by atoms with E-state index in [1.54, 1.807) is 6.07 Å². The zero-order valence-corrected chi connectivity index (χ0v) is 12.7. The number of carbonyl (C=O) groups is 1. The highest BCUT2D eigenvalue weighted by Gasteiger charge is 2.30. The number of nitrogens with one attached hydrogen (secondary N) is 2. The number of benzene rings is 2. The lowest BCUT2D eigenvalue weighted by Crippen LogP contribution is -2.19. The van der Waals surface area contributed by atoms with E-state index >= 15 is 0 Å². The second-order valence-electron chi connectivity index (χ2n) is 5.58. The summed E-state index contributed by atoms with van der Waals surface area (Å²) in [6, 6.07) is 13.2. The molecule has 1 aliphatic heterocycles. The Labute approximate surface area is 129 Å². The molecule has 2 aromatic carbocycles. The zero-order chi connectivity index (χ0) is 15.0. The van der Waals surface area contributed by atoms with Crippen LogP contribution in [0, 0.1) is 0 Å². The molecule has 0 bridgehead atoms. The molecular formula is C17H17ClN2O. The Morgan fingerprint density at radius 1 is 1.19 bits per heavy atom. The molecule has 0 aromatic heterocycles. The topological polar surface area (TPSA) is 41.1 Å². The monoisotopic (exact) mass is 300 g/mol. The van der Waals surface area contributed by atoms with Gasteiger partial charge in [0.25, 0.3) is 5.91 Å². The van der Waals surface area contributed by atoms with E-state index in [2.05, 4.69) is 36.6 Å². The van der Waals surface area contributed by atoms with Crippen LogP contribution in [0.4, 0.5) is 11.4 Å². The highest BCUT2D eigenvalue weighted by molar-refractivity contribution is 6.31. The first-order valence-corrected chi connectivity index (χ1v) is 7.39. The first-order valence-electron chi connectivity index (χ1n) is 7.01.